The quantitative estimate of drug-likeness (QED) is 0.667. The van der Waals surface area contributed by atoms with Gasteiger partial charge in [0.05, 0.1) is 18.5 Å². The van der Waals surface area contributed by atoms with E-state index in [2.05, 4.69) is 0 Å². The number of morpholine rings is 1. The first-order chi connectivity index (χ1) is 8.65. The normalized spacial score (nSPS) is 19.8. The minimum atomic E-state index is 0.139. The molecule has 1 heterocycles. The van der Waals surface area contributed by atoms with Crippen molar-refractivity contribution in [3.05, 3.63) is 24.3 Å². The van der Waals surface area contributed by atoms with Gasteiger partial charge in [0, 0.05) is 23.7 Å². The molecule has 0 radical (unpaired) electrons. The van der Waals surface area contributed by atoms with E-state index in [0.29, 0.717) is 25.4 Å². The molecule has 1 saturated heterocycles. The van der Waals surface area contributed by atoms with Crippen molar-refractivity contribution < 1.29 is 9.53 Å². The van der Waals surface area contributed by atoms with Crippen LogP contribution in [-0.4, -0.2) is 42.4 Å². The molecule has 0 aromatic heterocycles. The number of hydrogen-bond acceptors (Lipinski definition) is 4. The van der Waals surface area contributed by atoms with E-state index in [4.69, 9.17) is 10.5 Å². The number of amides is 1. The maximum Gasteiger partial charge on any atom is 0.233 e. The molecule has 18 heavy (non-hydrogen) atoms. The Balaban J connectivity index is 1.84. The zero-order chi connectivity index (χ0) is 13.0. The predicted molar refractivity (Wildman–Crippen MR) is 73.6 cm³/mol. The summed E-state index contributed by atoms with van der Waals surface area (Å²) in [4.78, 5) is 14.9. The molecule has 1 fully saturated rings. The van der Waals surface area contributed by atoms with Crippen LogP contribution in [0.15, 0.2) is 29.2 Å². The van der Waals surface area contributed by atoms with E-state index in [9.17, 15) is 4.79 Å². The summed E-state index contributed by atoms with van der Waals surface area (Å²) in [7, 11) is 0. The van der Waals surface area contributed by atoms with E-state index in [-0.39, 0.29) is 12.0 Å². The van der Waals surface area contributed by atoms with Gasteiger partial charge in [-0.2, -0.15) is 0 Å². The number of thioether (sulfide) groups is 1. The van der Waals surface area contributed by atoms with Gasteiger partial charge in [0.15, 0.2) is 0 Å². The summed E-state index contributed by atoms with van der Waals surface area (Å²) in [5, 5.41) is 0. The highest BCUT2D eigenvalue weighted by molar-refractivity contribution is 8.00. The van der Waals surface area contributed by atoms with E-state index in [1.54, 1.807) is 0 Å². The molecular weight excluding hydrogens is 248 g/mol. The molecule has 5 heteroatoms. The number of carbonyl (C=O) groups excluding carboxylic acids is 1. The molecule has 1 atom stereocenters. The Bertz CT molecular complexity index is 425. The largest absolute Gasteiger partial charge is 0.399 e. The summed E-state index contributed by atoms with van der Waals surface area (Å²) in [5.74, 6) is 0.619. The lowest BCUT2D eigenvalue weighted by Crippen LogP contribution is -2.45. The SMILES string of the molecule is CC1CN(C(=O)CSc2cccc(N)c2)CCO1. The van der Waals surface area contributed by atoms with Crippen molar-refractivity contribution in [3.63, 3.8) is 0 Å². The molecule has 2 rings (SSSR count). The van der Waals surface area contributed by atoms with Crippen LogP contribution in [0.4, 0.5) is 5.69 Å². The van der Waals surface area contributed by atoms with E-state index in [1.807, 2.05) is 36.1 Å². The zero-order valence-corrected chi connectivity index (χ0v) is 11.3. The molecule has 1 aromatic rings. The molecule has 1 aliphatic rings. The van der Waals surface area contributed by atoms with Gasteiger partial charge in [0.2, 0.25) is 5.91 Å². The lowest BCUT2D eigenvalue weighted by atomic mass is 10.3. The number of nitrogen functional groups attached to an aromatic ring is 1. The number of anilines is 1. The third kappa shape index (κ3) is 3.65. The molecule has 0 bridgehead atoms. The number of rotatable bonds is 3. The van der Waals surface area contributed by atoms with Gasteiger partial charge in [-0.3, -0.25) is 4.79 Å². The van der Waals surface area contributed by atoms with Gasteiger partial charge in [0.25, 0.3) is 0 Å². The van der Waals surface area contributed by atoms with E-state index in [1.165, 1.54) is 11.8 Å². The first kappa shape index (κ1) is 13.2. The van der Waals surface area contributed by atoms with Crippen LogP contribution in [0.2, 0.25) is 0 Å². The summed E-state index contributed by atoms with van der Waals surface area (Å²) < 4.78 is 5.42. The second kappa shape index (κ2) is 6.11. The maximum absolute atomic E-state index is 12.0. The standard InChI is InChI=1S/C13H18N2O2S/c1-10-8-15(5-6-17-10)13(16)9-18-12-4-2-3-11(14)7-12/h2-4,7,10H,5-6,8-9,14H2,1H3. The molecule has 1 unspecified atom stereocenters. The van der Waals surface area contributed by atoms with Gasteiger partial charge in [-0.15, -0.1) is 11.8 Å². The summed E-state index contributed by atoms with van der Waals surface area (Å²) in [6, 6.07) is 7.60. The average molecular weight is 266 g/mol. The van der Waals surface area contributed by atoms with Gasteiger partial charge in [-0.05, 0) is 25.1 Å². The first-order valence-electron chi connectivity index (χ1n) is 6.03. The smallest absolute Gasteiger partial charge is 0.233 e. The first-order valence-corrected chi connectivity index (χ1v) is 7.01. The molecule has 0 saturated carbocycles. The van der Waals surface area contributed by atoms with E-state index < -0.39 is 0 Å². The fourth-order valence-corrected chi connectivity index (χ4v) is 2.75. The summed E-state index contributed by atoms with van der Waals surface area (Å²) >= 11 is 1.53. The van der Waals surface area contributed by atoms with Crippen LogP contribution < -0.4 is 5.73 Å². The highest BCUT2D eigenvalue weighted by Gasteiger charge is 2.21. The molecule has 1 aromatic carbocycles. The van der Waals surface area contributed by atoms with Crippen LogP contribution in [0.5, 0.6) is 0 Å². The Hall–Kier alpha value is -1.20. The number of ether oxygens (including phenoxy) is 1. The monoisotopic (exact) mass is 266 g/mol. The van der Waals surface area contributed by atoms with Crippen LogP contribution in [0.1, 0.15) is 6.92 Å². The minimum absolute atomic E-state index is 0.139. The Morgan fingerprint density at radius 1 is 1.61 bits per heavy atom. The van der Waals surface area contributed by atoms with Gasteiger partial charge in [-0.25, -0.2) is 0 Å². The third-order valence-electron chi connectivity index (χ3n) is 2.81. The van der Waals surface area contributed by atoms with Crippen LogP contribution >= 0.6 is 11.8 Å². The number of benzene rings is 1. The molecule has 98 valence electrons. The second-order valence-electron chi connectivity index (χ2n) is 4.38. The van der Waals surface area contributed by atoms with Crippen molar-refractivity contribution in [3.8, 4) is 0 Å². The molecular formula is C13H18N2O2S. The summed E-state index contributed by atoms with van der Waals surface area (Å²) in [6.45, 7) is 4.01. The number of hydrogen-bond donors (Lipinski definition) is 1. The number of nitrogens with two attached hydrogens (primary N) is 1. The lowest BCUT2D eigenvalue weighted by Gasteiger charge is -2.31. The van der Waals surface area contributed by atoms with Crippen LogP contribution in [-0.2, 0) is 9.53 Å². The van der Waals surface area contributed by atoms with E-state index >= 15 is 0 Å². The Kier molecular flexibility index (Phi) is 4.49. The van der Waals surface area contributed by atoms with Gasteiger partial charge in [-0.1, -0.05) is 6.07 Å². The second-order valence-corrected chi connectivity index (χ2v) is 5.43. The van der Waals surface area contributed by atoms with Crippen LogP contribution in [0, 0.1) is 0 Å². The summed E-state index contributed by atoms with van der Waals surface area (Å²) in [5.41, 5.74) is 6.43. The molecule has 4 nitrogen and oxygen atoms in total. The summed E-state index contributed by atoms with van der Waals surface area (Å²) in [6.07, 6.45) is 0.139. The predicted octanol–water partition coefficient (Wildman–Crippen LogP) is 1.61. The van der Waals surface area contributed by atoms with Gasteiger partial charge in [0.1, 0.15) is 0 Å². The molecule has 1 aliphatic heterocycles. The number of nitrogens with zero attached hydrogens (tertiary/aromatic N) is 1. The fourth-order valence-electron chi connectivity index (χ4n) is 1.89. The highest BCUT2D eigenvalue weighted by atomic mass is 32.2. The maximum atomic E-state index is 12.0. The molecule has 1 amide bonds. The molecule has 0 spiro atoms. The average Bonchev–Trinajstić information content (AvgIpc) is 2.36. The Morgan fingerprint density at radius 3 is 3.17 bits per heavy atom. The van der Waals surface area contributed by atoms with Crippen molar-refractivity contribution in [2.24, 2.45) is 0 Å². The van der Waals surface area contributed by atoms with Gasteiger partial charge >= 0.3 is 0 Å². The van der Waals surface area contributed by atoms with Crippen molar-refractivity contribution in [1.29, 1.82) is 0 Å². The minimum Gasteiger partial charge on any atom is -0.399 e. The van der Waals surface area contributed by atoms with Crippen LogP contribution in [0.3, 0.4) is 0 Å². The van der Waals surface area contributed by atoms with Crippen molar-refractivity contribution in [1.82, 2.24) is 4.90 Å². The lowest BCUT2D eigenvalue weighted by molar-refractivity contribution is -0.135. The van der Waals surface area contributed by atoms with Gasteiger partial charge < -0.3 is 15.4 Å². The number of carbonyl (C=O) groups is 1. The van der Waals surface area contributed by atoms with E-state index in [0.717, 1.165) is 10.6 Å². The Morgan fingerprint density at radius 2 is 2.44 bits per heavy atom. The fraction of sp³-hybridized carbons (Fsp3) is 0.462. The van der Waals surface area contributed by atoms with Crippen molar-refractivity contribution >= 4 is 23.4 Å². The topological polar surface area (TPSA) is 55.6 Å². The highest BCUT2D eigenvalue weighted by Crippen LogP contribution is 2.20. The molecule has 2 N–H and O–H groups in total. The van der Waals surface area contributed by atoms with Crippen molar-refractivity contribution in [2.75, 3.05) is 31.2 Å². The van der Waals surface area contributed by atoms with Crippen LogP contribution in [0.25, 0.3) is 0 Å². The Labute approximate surface area is 111 Å². The zero-order valence-electron chi connectivity index (χ0n) is 10.5. The molecule has 0 aliphatic carbocycles. The van der Waals surface area contributed by atoms with Crippen molar-refractivity contribution in [2.45, 2.75) is 17.9 Å². The third-order valence-corrected chi connectivity index (χ3v) is 3.79.